The van der Waals surface area contributed by atoms with Gasteiger partial charge in [-0.15, -0.1) is 30.6 Å². The SMILES string of the molecule is C=CCNC(N)=NCc1nccn1CCc1ccccc1.I. The molecule has 118 valence electrons. The molecule has 0 radical (unpaired) electrons. The van der Waals surface area contributed by atoms with Crippen molar-refractivity contribution in [1.82, 2.24) is 14.9 Å². The molecule has 1 aromatic carbocycles. The quantitative estimate of drug-likeness (QED) is 0.318. The number of aryl methyl sites for hydroxylation is 2. The highest BCUT2D eigenvalue weighted by Crippen LogP contribution is 2.05. The van der Waals surface area contributed by atoms with Crippen molar-refractivity contribution in [3.8, 4) is 0 Å². The summed E-state index contributed by atoms with van der Waals surface area (Å²) in [5.74, 6) is 1.32. The van der Waals surface area contributed by atoms with E-state index in [1.54, 1.807) is 12.3 Å². The summed E-state index contributed by atoms with van der Waals surface area (Å²) in [6.07, 6.45) is 6.48. The topological polar surface area (TPSA) is 68.2 Å². The van der Waals surface area contributed by atoms with Crippen molar-refractivity contribution < 1.29 is 0 Å². The fraction of sp³-hybridized carbons (Fsp3) is 0.250. The van der Waals surface area contributed by atoms with Gasteiger partial charge in [-0.2, -0.15) is 0 Å². The predicted molar refractivity (Wildman–Crippen MR) is 101 cm³/mol. The van der Waals surface area contributed by atoms with Crippen LogP contribution < -0.4 is 11.1 Å². The minimum absolute atomic E-state index is 0. The zero-order valence-corrected chi connectivity index (χ0v) is 14.8. The van der Waals surface area contributed by atoms with Gasteiger partial charge in [-0.3, -0.25) is 0 Å². The molecular formula is C16H22IN5. The lowest BCUT2D eigenvalue weighted by molar-refractivity contribution is 0.651. The van der Waals surface area contributed by atoms with Crippen LogP contribution in [0.4, 0.5) is 0 Å². The maximum Gasteiger partial charge on any atom is 0.189 e. The number of nitrogens with zero attached hydrogens (tertiary/aromatic N) is 3. The standard InChI is InChI=1S/C16H21N5.HI/c1-2-9-19-16(17)20-13-15-18-10-12-21(15)11-8-14-6-4-3-5-7-14;/h2-7,10,12H,1,8-9,11,13H2,(H3,17,19,20);1H. The van der Waals surface area contributed by atoms with E-state index in [4.69, 9.17) is 5.73 Å². The van der Waals surface area contributed by atoms with E-state index in [0.29, 0.717) is 19.0 Å². The first-order valence-electron chi connectivity index (χ1n) is 6.98. The van der Waals surface area contributed by atoms with Crippen LogP contribution in [0, 0.1) is 0 Å². The van der Waals surface area contributed by atoms with Gasteiger partial charge < -0.3 is 15.6 Å². The first kappa shape index (κ1) is 18.2. The van der Waals surface area contributed by atoms with E-state index in [1.165, 1.54) is 5.56 Å². The van der Waals surface area contributed by atoms with Crippen LogP contribution in [-0.4, -0.2) is 22.1 Å². The third-order valence-corrected chi connectivity index (χ3v) is 3.10. The molecule has 0 aliphatic carbocycles. The summed E-state index contributed by atoms with van der Waals surface area (Å²) in [5, 5.41) is 2.94. The lowest BCUT2D eigenvalue weighted by atomic mass is 10.1. The Bertz CT molecular complexity index is 592. The first-order valence-corrected chi connectivity index (χ1v) is 6.98. The van der Waals surface area contributed by atoms with E-state index >= 15 is 0 Å². The number of aliphatic imine (C=N–C) groups is 1. The Morgan fingerprint density at radius 2 is 2.14 bits per heavy atom. The van der Waals surface area contributed by atoms with Crippen LogP contribution in [0.2, 0.25) is 0 Å². The average molecular weight is 411 g/mol. The van der Waals surface area contributed by atoms with Crippen LogP contribution >= 0.6 is 24.0 Å². The second-order valence-electron chi connectivity index (χ2n) is 4.64. The summed E-state index contributed by atoms with van der Waals surface area (Å²) >= 11 is 0. The summed E-state index contributed by atoms with van der Waals surface area (Å²) in [7, 11) is 0. The molecule has 0 saturated heterocycles. The maximum absolute atomic E-state index is 5.75. The third-order valence-electron chi connectivity index (χ3n) is 3.10. The van der Waals surface area contributed by atoms with Crippen LogP contribution in [0.5, 0.6) is 0 Å². The maximum atomic E-state index is 5.75. The smallest absolute Gasteiger partial charge is 0.189 e. The minimum atomic E-state index is 0. The van der Waals surface area contributed by atoms with Crippen molar-refractivity contribution in [2.24, 2.45) is 10.7 Å². The van der Waals surface area contributed by atoms with Crippen molar-refractivity contribution in [2.45, 2.75) is 19.5 Å². The number of nitrogens with two attached hydrogens (primary N) is 1. The van der Waals surface area contributed by atoms with E-state index in [9.17, 15) is 0 Å². The molecule has 0 aliphatic heterocycles. The Morgan fingerprint density at radius 3 is 2.86 bits per heavy atom. The molecule has 6 heteroatoms. The molecule has 0 fully saturated rings. The number of rotatable bonds is 7. The summed E-state index contributed by atoms with van der Waals surface area (Å²) in [4.78, 5) is 8.61. The monoisotopic (exact) mass is 411 g/mol. The van der Waals surface area contributed by atoms with Gasteiger partial charge in [0.2, 0.25) is 0 Å². The van der Waals surface area contributed by atoms with Gasteiger partial charge in [-0.25, -0.2) is 9.98 Å². The number of imidazole rings is 1. The molecule has 3 N–H and O–H groups in total. The van der Waals surface area contributed by atoms with E-state index in [-0.39, 0.29) is 24.0 Å². The van der Waals surface area contributed by atoms with Gasteiger partial charge in [0.25, 0.3) is 0 Å². The van der Waals surface area contributed by atoms with Crippen LogP contribution in [0.25, 0.3) is 0 Å². The van der Waals surface area contributed by atoms with Gasteiger partial charge in [0.15, 0.2) is 5.96 Å². The Hall–Kier alpha value is -1.83. The Kier molecular flexibility index (Phi) is 8.27. The fourth-order valence-electron chi connectivity index (χ4n) is 1.98. The van der Waals surface area contributed by atoms with Gasteiger partial charge in [0.05, 0.1) is 0 Å². The molecule has 0 bridgehead atoms. The molecule has 1 aromatic heterocycles. The fourth-order valence-corrected chi connectivity index (χ4v) is 1.98. The molecule has 0 amide bonds. The summed E-state index contributed by atoms with van der Waals surface area (Å²) in [5.41, 5.74) is 7.06. The number of hydrogen-bond donors (Lipinski definition) is 2. The van der Waals surface area contributed by atoms with E-state index in [2.05, 4.69) is 50.7 Å². The van der Waals surface area contributed by atoms with Gasteiger partial charge in [0.1, 0.15) is 12.4 Å². The second kappa shape index (κ2) is 9.99. The van der Waals surface area contributed by atoms with Crippen molar-refractivity contribution in [3.63, 3.8) is 0 Å². The Balaban J connectivity index is 0.00000242. The number of halogens is 1. The zero-order chi connectivity index (χ0) is 14.9. The molecule has 0 aliphatic rings. The minimum Gasteiger partial charge on any atom is -0.370 e. The lowest BCUT2D eigenvalue weighted by Crippen LogP contribution is -2.31. The number of benzene rings is 1. The number of hydrogen-bond acceptors (Lipinski definition) is 2. The molecule has 2 aromatic rings. The average Bonchev–Trinajstić information content (AvgIpc) is 2.97. The van der Waals surface area contributed by atoms with E-state index in [1.807, 2.05) is 12.3 Å². The summed E-state index contributed by atoms with van der Waals surface area (Å²) < 4.78 is 2.11. The molecule has 0 saturated carbocycles. The van der Waals surface area contributed by atoms with Crippen molar-refractivity contribution in [3.05, 3.63) is 66.8 Å². The second-order valence-corrected chi connectivity index (χ2v) is 4.64. The predicted octanol–water partition coefficient (Wildman–Crippen LogP) is 2.33. The largest absolute Gasteiger partial charge is 0.370 e. The van der Waals surface area contributed by atoms with Crippen LogP contribution in [-0.2, 0) is 19.5 Å². The van der Waals surface area contributed by atoms with Crippen LogP contribution in [0.3, 0.4) is 0 Å². The Labute approximate surface area is 148 Å². The highest BCUT2D eigenvalue weighted by atomic mass is 127. The van der Waals surface area contributed by atoms with Crippen molar-refractivity contribution in [2.75, 3.05) is 6.54 Å². The highest BCUT2D eigenvalue weighted by molar-refractivity contribution is 14.0. The molecule has 2 rings (SSSR count). The van der Waals surface area contributed by atoms with E-state index < -0.39 is 0 Å². The van der Waals surface area contributed by atoms with Crippen LogP contribution in [0.1, 0.15) is 11.4 Å². The first-order chi connectivity index (χ1) is 10.3. The van der Waals surface area contributed by atoms with Gasteiger partial charge >= 0.3 is 0 Å². The lowest BCUT2D eigenvalue weighted by Gasteiger charge is -2.07. The van der Waals surface area contributed by atoms with Gasteiger partial charge in [0, 0.05) is 25.5 Å². The number of nitrogens with one attached hydrogen (secondary N) is 1. The zero-order valence-electron chi connectivity index (χ0n) is 12.5. The molecule has 1 heterocycles. The number of guanidine groups is 1. The molecular weight excluding hydrogens is 389 g/mol. The summed E-state index contributed by atoms with van der Waals surface area (Å²) in [6, 6.07) is 10.4. The third kappa shape index (κ3) is 5.88. The highest BCUT2D eigenvalue weighted by Gasteiger charge is 2.02. The van der Waals surface area contributed by atoms with Crippen molar-refractivity contribution >= 4 is 29.9 Å². The molecule has 0 unspecified atom stereocenters. The Morgan fingerprint density at radius 1 is 1.36 bits per heavy atom. The van der Waals surface area contributed by atoms with Gasteiger partial charge in [-0.05, 0) is 12.0 Å². The van der Waals surface area contributed by atoms with Gasteiger partial charge in [-0.1, -0.05) is 36.4 Å². The normalized spacial score (nSPS) is 10.8. The number of aromatic nitrogens is 2. The molecule has 5 nitrogen and oxygen atoms in total. The molecule has 0 atom stereocenters. The molecule has 22 heavy (non-hydrogen) atoms. The van der Waals surface area contributed by atoms with E-state index in [0.717, 1.165) is 18.8 Å². The van der Waals surface area contributed by atoms with Crippen LogP contribution in [0.15, 0.2) is 60.4 Å². The van der Waals surface area contributed by atoms with Crippen molar-refractivity contribution in [1.29, 1.82) is 0 Å². The molecule has 0 spiro atoms. The summed E-state index contributed by atoms with van der Waals surface area (Å²) in [6.45, 7) is 5.58.